The van der Waals surface area contributed by atoms with E-state index in [0.29, 0.717) is 24.2 Å². The molecular weight excluding hydrogens is 502 g/mol. The van der Waals surface area contributed by atoms with Gasteiger partial charge in [0.25, 0.3) is 0 Å². The predicted octanol–water partition coefficient (Wildman–Crippen LogP) is 5.68. The summed E-state index contributed by atoms with van der Waals surface area (Å²) in [5.74, 6) is 0.199. The quantitative estimate of drug-likeness (QED) is 0.345. The number of amides is 2. The zero-order chi connectivity index (χ0) is 28.7. The minimum absolute atomic E-state index is 0.0152. The van der Waals surface area contributed by atoms with E-state index in [1.807, 2.05) is 60.6 Å². The molecule has 0 aromatic heterocycles. The molecule has 38 heavy (non-hydrogen) atoms. The van der Waals surface area contributed by atoms with Crippen LogP contribution in [-0.4, -0.2) is 44.8 Å². The van der Waals surface area contributed by atoms with Crippen LogP contribution in [0.4, 0.5) is 11.4 Å². The van der Waals surface area contributed by atoms with E-state index in [4.69, 9.17) is 4.18 Å². The van der Waals surface area contributed by atoms with Crippen molar-refractivity contribution in [2.75, 3.05) is 29.9 Å². The summed E-state index contributed by atoms with van der Waals surface area (Å²) in [5, 5.41) is 2.62. The summed E-state index contributed by atoms with van der Waals surface area (Å²) in [7, 11) is -4.18. The van der Waals surface area contributed by atoms with E-state index in [1.54, 1.807) is 11.0 Å². The molecule has 2 aromatic rings. The lowest BCUT2D eigenvalue weighted by Crippen LogP contribution is -2.36. The molecule has 2 rings (SSSR count). The van der Waals surface area contributed by atoms with Crippen molar-refractivity contribution >= 4 is 33.3 Å². The second kappa shape index (κ2) is 13.1. The summed E-state index contributed by atoms with van der Waals surface area (Å²) >= 11 is 0. The Labute approximate surface area is 228 Å². The zero-order valence-electron chi connectivity index (χ0n) is 24.0. The van der Waals surface area contributed by atoms with Crippen LogP contribution in [0, 0.1) is 11.3 Å². The molecular formula is C29H43N3O5S. The number of carbonyl (C=O) groups is 2. The maximum Gasteiger partial charge on any atom is 0.339 e. The molecule has 210 valence electrons. The van der Waals surface area contributed by atoms with E-state index in [2.05, 4.69) is 10.2 Å². The Morgan fingerprint density at radius 2 is 1.61 bits per heavy atom. The monoisotopic (exact) mass is 545 g/mol. The van der Waals surface area contributed by atoms with Crippen molar-refractivity contribution in [3.63, 3.8) is 0 Å². The predicted molar refractivity (Wildman–Crippen MR) is 153 cm³/mol. The molecule has 0 aliphatic rings. The Hall–Kier alpha value is -3.07. The Morgan fingerprint density at radius 3 is 2.11 bits per heavy atom. The topological polar surface area (TPSA) is 96.0 Å². The molecule has 8 nitrogen and oxygen atoms in total. The summed E-state index contributed by atoms with van der Waals surface area (Å²) in [6, 6.07) is 11.3. The number of nitrogens with zero attached hydrogens (tertiary/aromatic N) is 2. The lowest BCUT2D eigenvalue weighted by Gasteiger charge is -2.29. The molecule has 2 amide bonds. The number of hydrogen-bond donors (Lipinski definition) is 1. The first kappa shape index (κ1) is 31.1. The summed E-state index contributed by atoms with van der Waals surface area (Å²) in [6.07, 6.45) is 0.381. The molecule has 0 spiro atoms. The van der Waals surface area contributed by atoms with E-state index in [9.17, 15) is 18.0 Å². The minimum atomic E-state index is -4.18. The molecule has 0 saturated carbocycles. The van der Waals surface area contributed by atoms with Gasteiger partial charge in [-0.25, -0.2) is 0 Å². The third-order valence-corrected chi connectivity index (χ3v) is 7.07. The lowest BCUT2D eigenvalue weighted by molar-refractivity contribution is -0.134. The van der Waals surface area contributed by atoms with Crippen LogP contribution in [0.1, 0.15) is 67.4 Å². The number of anilines is 2. The molecule has 0 radical (unpaired) electrons. The first-order valence-electron chi connectivity index (χ1n) is 13.1. The summed E-state index contributed by atoms with van der Waals surface area (Å²) in [4.78, 5) is 28.4. The molecule has 0 bridgehead atoms. The SMILES string of the molecule is CCN(CC)c1ccc(CN(CC(C)C)C(=O)CC(C)(C)C)c(OS(=O)(=O)c2ccc(NC(C)=O)cc2)c1. The van der Waals surface area contributed by atoms with Gasteiger partial charge in [0, 0.05) is 62.5 Å². The first-order valence-corrected chi connectivity index (χ1v) is 14.5. The van der Waals surface area contributed by atoms with E-state index in [0.717, 1.165) is 18.8 Å². The average molecular weight is 546 g/mol. The highest BCUT2D eigenvalue weighted by Crippen LogP contribution is 2.31. The molecule has 0 aliphatic heterocycles. The van der Waals surface area contributed by atoms with Crippen molar-refractivity contribution in [1.82, 2.24) is 4.90 Å². The standard InChI is InChI=1S/C29H43N3O5S/c1-9-31(10-2)25-14-11-23(20-32(19-21(3)4)28(34)18-29(6,7)8)27(17-25)37-38(35,36)26-15-12-24(13-16-26)30-22(5)33/h11-17,21H,9-10,18-20H2,1-8H3,(H,30,33). The zero-order valence-corrected chi connectivity index (χ0v) is 24.8. The second-order valence-corrected chi connectivity index (χ2v) is 12.7. The molecule has 0 heterocycles. The highest BCUT2D eigenvalue weighted by atomic mass is 32.2. The molecule has 2 aromatic carbocycles. The van der Waals surface area contributed by atoms with Gasteiger partial charge in [-0.3, -0.25) is 9.59 Å². The van der Waals surface area contributed by atoms with Crippen molar-refractivity contribution in [2.45, 2.75) is 73.3 Å². The van der Waals surface area contributed by atoms with E-state index >= 15 is 0 Å². The van der Waals surface area contributed by atoms with Crippen LogP contribution >= 0.6 is 0 Å². The Bertz CT molecular complexity index is 1200. The van der Waals surface area contributed by atoms with Gasteiger partial charge in [0.1, 0.15) is 10.6 Å². The van der Waals surface area contributed by atoms with Gasteiger partial charge in [0.05, 0.1) is 0 Å². The fourth-order valence-corrected chi connectivity index (χ4v) is 5.03. The highest BCUT2D eigenvalue weighted by molar-refractivity contribution is 7.87. The number of hydrogen-bond acceptors (Lipinski definition) is 6. The van der Waals surface area contributed by atoms with E-state index < -0.39 is 10.1 Å². The van der Waals surface area contributed by atoms with Crippen molar-refractivity contribution in [1.29, 1.82) is 0 Å². The van der Waals surface area contributed by atoms with Crippen LogP contribution in [0.3, 0.4) is 0 Å². The second-order valence-electron chi connectivity index (χ2n) is 11.1. The van der Waals surface area contributed by atoms with Gasteiger partial charge in [-0.05, 0) is 55.5 Å². The number of benzene rings is 2. The van der Waals surface area contributed by atoms with Gasteiger partial charge in [-0.1, -0.05) is 40.7 Å². The van der Waals surface area contributed by atoms with Gasteiger partial charge >= 0.3 is 10.1 Å². The molecule has 0 saturated heterocycles. The van der Waals surface area contributed by atoms with E-state index in [1.165, 1.54) is 31.2 Å². The van der Waals surface area contributed by atoms with E-state index in [-0.39, 0.29) is 40.3 Å². The summed E-state index contributed by atoms with van der Waals surface area (Å²) < 4.78 is 32.3. The Morgan fingerprint density at radius 1 is 1.00 bits per heavy atom. The first-order chi connectivity index (χ1) is 17.6. The van der Waals surface area contributed by atoms with Crippen molar-refractivity contribution < 1.29 is 22.2 Å². The van der Waals surface area contributed by atoms with Crippen molar-refractivity contribution in [2.24, 2.45) is 11.3 Å². The van der Waals surface area contributed by atoms with Crippen LogP contribution in [0.2, 0.25) is 0 Å². The fraction of sp³-hybridized carbons (Fsp3) is 0.517. The molecule has 1 N–H and O–H groups in total. The Balaban J connectivity index is 2.49. The van der Waals surface area contributed by atoms with Crippen molar-refractivity contribution in [3.05, 3.63) is 48.0 Å². The molecule has 9 heteroatoms. The number of rotatable bonds is 12. The maximum absolute atomic E-state index is 13.3. The van der Waals surface area contributed by atoms with Crippen LogP contribution < -0.4 is 14.4 Å². The van der Waals surface area contributed by atoms with Gasteiger partial charge in [0.15, 0.2) is 0 Å². The third-order valence-electron chi connectivity index (χ3n) is 5.82. The van der Waals surface area contributed by atoms with Crippen LogP contribution in [0.15, 0.2) is 47.4 Å². The van der Waals surface area contributed by atoms with Crippen LogP contribution in [-0.2, 0) is 26.3 Å². The third kappa shape index (κ3) is 9.35. The minimum Gasteiger partial charge on any atom is -0.379 e. The van der Waals surface area contributed by atoms with Gasteiger partial charge in [-0.15, -0.1) is 0 Å². The molecule has 0 unspecified atom stereocenters. The lowest BCUT2D eigenvalue weighted by atomic mass is 9.91. The summed E-state index contributed by atoms with van der Waals surface area (Å²) in [5.41, 5.74) is 1.76. The van der Waals surface area contributed by atoms with Crippen LogP contribution in [0.25, 0.3) is 0 Å². The largest absolute Gasteiger partial charge is 0.379 e. The van der Waals surface area contributed by atoms with Gasteiger partial charge in [0.2, 0.25) is 11.8 Å². The fourth-order valence-electron chi connectivity index (χ4n) is 4.08. The smallest absolute Gasteiger partial charge is 0.339 e. The van der Waals surface area contributed by atoms with Crippen molar-refractivity contribution in [3.8, 4) is 5.75 Å². The average Bonchev–Trinajstić information content (AvgIpc) is 2.79. The molecule has 0 atom stereocenters. The Kier molecular flexibility index (Phi) is 10.8. The van der Waals surface area contributed by atoms with Gasteiger partial charge < -0.3 is 19.3 Å². The highest BCUT2D eigenvalue weighted by Gasteiger charge is 2.25. The maximum atomic E-state index is 13.3. The normalized spacial score (nSPS) is 11.8. The molecule has 0 aliphatic carbocycles. The molecule has 0 fully saturated rings. The number of nitrogens with one attached hydrogen (secondary N) is 1. The van der Waals surface area contributed by atoms with Crippen LogP contribution in [0.5, 0.6) is 5.75 Å². The number of carbonyl (C=O) groups excluding carboxylic acids is 2. The summed E-state index contributed by atoms with van der Waals surface area (Å²) in [6.45, 7) is 17.9. The van der Waals surface area contributed by atoms with Gasteiger partial charge in [-0.2, -0.15) is 8.42 Å².